The predicted octanol–water partition coefficient (Wildman–Crippen LogP) is 0.668. The van der Waals surface area contributed by atoms with Crippen LogP contribution in [0.5, 0.6) is 0 Å². The van der Waals surface area contributed by atoms with E-state index in [1.54, 1.807) is 0 Å². The molecule has 0 aliphatic carbocycles. The van der Waals surface area contributed by atoms with Gasteiger partial charge in [0.05, 0.1) is 17.4 Å². The molecule has 19 heavy (non-hydrogen) atoms. The highest BCUT2D eigenvalue weighted by atomic mass is 32.2. The average molecular weight is 286 g/mol. The number of hydrogen-bond acceptors (Lipinski definition) is 6. The lowest BCUT2D eigenvalue weighted by atomic mass is 10.2. The molecule has 0 bridgehead atoms. The molecule has 2 rings (SSSR count). The fourth-order valence-electron chi connectivity index (χ4n) is 1.42. The Balaban J connectivity index is 2.44. The van der Waals surface area contributed by atoms with Gasteiger partial charge in [0.1, 0.15) is 18.3 Å². The lowest BCUT2D eigenvalue weighted by Crippen LogP contribution is -2.15. The highest BCUT2D eigenvalue weighted by Gasteiger charge is 2.23. The number of pyridine rings is 1. The molecule has 0 aromatic carbocycles. The van der Waals surface area contributed by atoms with Crippen molar-refractivity contribution in [3.63, 3.8) is 0 Å². The molecule has 0 unspecified atom stereocenters. The molecule has 2 N–H and O–H groups in total. The Bertz CT molecular complexity index is 631. The summed E-state index contributed by atoms with van der Waals surface area (Å²) in [6.07, 6.45) is 3.60. The van der Waals surface area contributed by atoms with E-state index in [0.717, 1.165) is 12.5 Å². The molecule has 0 atom stereocenters. The van der Waals surface area contributed by atoms with Gasteiger partial charge >= 0.3 is 5.97 Å². The van der Waals surface area contributed by atoms with Crippen LogP contribution < -0.4 is 4.72 Å². The first-order valence-corrected chi connectivity index (χ1v) is 6.93. The molecule has 0 amide bonds. The van der Waals surface area contributed by atoms with E-state index in [1.165, 1.54) is 18.6 Å². The van der Waals surface area contributed by atoms with Crippen LogP contribution in [0, 0.1) is 0 Å². The minimum atomic E-state index is -3.55. The van der Waals surface area contributed by atoms with Gasteiger partial charge in [-0.05, 0) is 6.07 Å². The molecule has 1 aromatic rings. The van der Waals surface area contributed by atoms with E-state index in [0.29, 0.717) is 0 Å². The van der Waals surface area contributed by atoms with E-state index in [2.05, 4.69) is 9.71 Å². The van der Waals surface area contributed by atoms with Gasteiger partial charge in [-0.25, -0.2) is 18.2 Å². The quantitative estimate of drug-likeness (QED) is 0.835. The van der Waals surface area contributed by atoms with Crippen LogP contribution in [-0.2, 0) is 19.5 Å². The highest BCUT2D eigenvalue weighted by molar-refractivity contribution is 7.92. The first kappa shape index (κ1) is 13.1. The fraction of sp³-hybridized carbons (Fsp3) is 0.200. The van der Waals surface area contributed by atoms with Crippen molar-refractivity contribution < 1.29 is 27.8 Å². The lowest BCUT2D eigenvalue weighted by molar-refractivity contribution is -0.0242. The smallest absolute Gasteiger partial charge is 0.337 e. The highest BCUT2D eigenvalue weighted by Crippen LogP contribution is 2.30. The Morgan fingerprint density at radius 3 is 2.58 bits per heavy atom. The molecule has 2 heterocycles. The normalized spacial score (nSPS) is 14.8. The minimum absolute atomic E-state index is 0.0406. The Morgan fingerprint density at radius 1 is 1.42 bits per heavy atom. The van der Waals surface area contributed by atoms with Gasteiger partial charge in [-0.3, -0.25) is 4.72 Å². The molecule has 1 aromatic heterocycles. The van der Waals surface area contributed by atoms with E-state index in [9.17, 15) is 13.2 Å². The minimum Gasteiger partial charge on any atom is -0.478 e. The number of sulfonamides is 1. The van der Waals surface area contributed by atoms with Gasteiger partial charge < -0.3 is 14.6 Å². The van der Waals surface area contributed by atoms with Crippen LogP contribution >= 0.6 is 0 Å². The summed E-state index contributed by atoms with van der Waals surface area (Å²) in [7, 11) is -3.55. The van der Waals surface area contributed by atoms with Crippen LogP contribution in [0.2, 0.25) is 0 Å². The van der Waals surface area contributed by atoms with Crippen molar-refractivity contribution in [1.82, 2.24) is 4.98 Å². The third-order valence-corrected chi connectivity index (χ3v) is 2.72. The largest absolute Gasteiger partial charge is 0.478 e. The maximum absolute atomic E-state index is 11.2. The number of ether oxygens (including phenoxy) is 2. The molecule has 1 aliphatic heterocycles. The molecule has 9 heteroatoms. The zero-order valence-corrected chi connectivity index (χ0v) is 10.5. The second-order valence-electron chi connectivity index (χ2n) is 3.72. The molecule has 0 fully saturated rings. The maximum Gasteiger partial charge on any atom is 0.337 e. The van der Waals surface area contributed by atoms with E-state index in [-0.39, 0.29) is 16.9 Å². The van der Waals surface area contributed by atoms with Gasteiger partial charge in [0.2, 0.25) is 10.0 Å². The first-order valence-electron chi connectivity index (χ1n) is 5.04. The summed E-state index contributed by atoms with van der Waals surface area (Å²) in [5.41, 5.74) is 0.0727. The molecule has 1 aliphatic rings. The average Bonchev–Trinajstić information content (AvgIpc) is 2.80. The van der Waals surface area contributed by atoms with E-state index in [4.69, 9.17) is 14.6 Å². The van der Waals surface area contributed by atoms with E-state index < -0.39 is 22.3 Å². The predicted molar refractivity (Wildman–Crippen MR) is 63.7 cm³/mol. The Kier molecular flexibility index (Phi) is 3.30. The van der Waals surface area contributed by atoms with Crippen LogP contribution in [0.15, 0.2) is 24.8 Å². The number of carbonyl (C=O) groups is 1. The number of aromatic carboxylic acids is 1. The number of nitrogens with zero attached hydrogens (tertiary/aromatic N) is 1. The summed E-state index contributed by atoms with van der Waals surface area (Å²) in [5, 5.41) is 8.90. The number of nitrogens with one attached hydrogen (secondary N) is 1. The van der Waals surface area contributed by atoms with Gasteiger partial charge in [-0.2, -0.15) is 0 Å². The second kappa shape index (κ2) is 4.76. The van der Waals surface area contributed by atoms with Gasteiger partial charge in [0.25, 0.3) is 6.29 Å². The van der Waals surface area contributed by atoms with E-state index >= 15 is 0 Å². The Morgan fingerprint density at radius 2 is 2.05 bits per heavy atom. The third-order valence-electron chi connectivity index (χ3n) is 2.16. The number of carboxylic acid groups (broad SMARTS) is 1. The number of rotatable bonds is 4. The van der Waals surface area contributed by atoms with Crippen molar-refractivity contribution in [2.24, 2.45) is 0 Å². The summed E-state index contributed by atoms with van der Waals surface area (Å²) in [6.45, 7) is 0. The van der Waals surface area contributed by atoms with E-state index in [1.807, 2.05) is 0 Å². The fourth-order valence-corrected chi connectivity index (χ4v) is 1.95. The first-order chi connectivity index (χ1) is 8.87. The molecule has 0 spiro atoms. The van der Waals surface area contributed by atoms with Crippen molar-refractivity contribution in [1.29, 1.82) is 0 Å². The summed E-state index contributed by atoms with van der Waals surface area (Å²) < 4.78 is 34.7. The number of aromatic nitrogens is 1. The van der Waals surface area contributed by atoms with Crippen molar-refractivity contribution in [2.75, 3.05) is 11.0 Å². The Hall–Kier alpha value is -2.29. The van der Waals surface area contributed by atoms with Crippen LogP contribution in [-0.4, -0.2) is 30.7 Å². The van der Waals surface area contributed by atoms with Crippen LogP contribution in [0.4, 0.5) is 5.82 Å². The standard InChI is InChI=1S/C10H10N2O6S/c1-19(15,16)12-8-7(10-17-2-3-18-10)4-6(5-11-8)9(13)14/h2-5,10H,1H3,(H,11,12)(H,13,14). The molecule has 0 saturated heterocycles. The summed E-state index contributed by atoms with van der Waals surface area (Å²) in [5.74, 6) is -1.23. The molecular weight excluding hydrogens is 276 g/mol. The van der Waals surface area contributed by atoms with Gasteiger partial charge in [0, 0.05) is 6.20 Å². The summed E-state index contributed by atoms with van der Waals surface area (Å²) in [6, 6.07) is 1.24. The van der Waals surface area contributed by atoms with Crippen molar-refractivity contribution in [3.05, 3.63) is 35.9 Å². The zero-order chi connectivity index (χ0) is 14.0. The number of carboxylic acids is 1. The topological polar surface area (TPSA) is 115 Å². The zero-order valence-electron chi connectivity index (χ0n) is 9.73. The van der Waals surface area contributed by atoms with Gasteiger partial charge in [0.15, 0.2) is 0 Å². The monoisotopic (exact) mass is 286 g/mol. The van der Waals surface area contributed by atoms with Gasteiger partial charge in [-0.1, -0.05) is 0 Å². The molecule has 0 radical (unpaired) electrons. The van der Waals surface area contributed by atoms with Crippen LogP contribution in [0.25, 0.3) is 0 Å². The van der Waals surface area contributed by atoms with Crippen molar-refractivity contribution >= 4 is 21.8 Å². The van der Waals surface area contributed by atoms with Crippen molar-refractivity contribution in [2.45, 2.75) is 6.29 Å². The van der Waals surface area contributed by atoms with Crippen LogP contribution in [0.1, 0.15) is 22.2 Å². The molecule has 102 valence electrons. The second-order valence-corrected chi connectivity index (χ2v) is 5.47. The lowest BCUT2D eigenvalue weighted by Gasteiger charge is -2.15. The molecule has 8 nitrogen and oxygen atoms in total. The van der Waals surface area contributed by atoms with Crippen molar-refractivity contribution in [3.8, 4) is 0 Å². The number of hydrogen-bond donors (Lipinski definition) is 2. The van der Waals surface area contributed by atoms with Crippen LogP contribution in [0.3, 0.4) is 0 Å². The SMILES string of the molecule is CS(=O)(=O)Nc1ncc(C(=O)O)cc1C1OC=CO1. The summed E-state index contributed by atoms with van der Waals surface area (Å²) in [4.78, 5) is 14.7. The Labute approximate surface area is 108 Å². The maximum atomic E-state index is 11.2. The van der Waals surface area contributed by atoms with Gasteiger partial charge in [-0.15, -0.1) is 0 Å². The molecule has 0 saturated carbocycles. The third kappa shape index (κ3) is 3.13. The summed E-state index contributed by atoms with van der Waals surface area (Å²) >= 11 is 0. The molecular formula is C10H10N2O6S. The number of anilines is 1.